The summed E-state index contributed by atoms with van der Waals surface area (Å²) in [7, 11) is 0. The summed E-state index contributed by atoms with van der Waals surface area (Å²) in [5.41, 5.74) is 2.42. The fraction of sp³-hybridized carbons (Fsp3) is 0.500. The molecular weight excluding hydrogens is 138 g/mol. The Kier molecular flexibility index (Phi) is 2.98. The zero-order valence-corrected chi connectivity index (χ0v) is 6.96. The Labute approximate surface area is 66.8 Å². The maximum atomic E-state index is 3.81. The molecule has 0 unspecified atom stereocenters. The van der Waals surface area contributed by atoms with Crippen molar-refractivity contribution in [3.8, 4) is 0 Å². The van der Waals surface area contributed by atoms with Gasteiger partial charge in [0.15, 0.2) is 0 Å². The van der Waals surface area contributed by atoms with Crippen molar-refractivity contribution in [3.63, 3.8) is 0 Å². The molecule has 0 aliphatic carbocycles. The number of aromatic nitrogens is 2. The van der Waals surface area contributed by atoms with Crippen molar-refractivity contribution >= 4 is 0 Å². The van der Waals surface area contributed by atoms with E-state index in [-0.39, 0.29) is 0 Å². The van der Waals surface area contributed by atoms with E-state index in [4.69, 9.17) is 0 Å². The van der Waals surface area contributed by atoms with E-state index >= 15 is 0 Å². The Morgan fingerprint density at radius 3 is 2.73 bits per heavy atom. The van der Waals surface area contributed by atoms with Crippen molar-refractivity contribution in [1.29, 1.82) is 0 Å². The van der Waals surface area contributed by atoms with Crippen LogP contribution in [0.4, 0.5) is 0 Å². The zero-order chi connectivity index (χ0) is 8.10. The Hall–Kier alpha value is -0.960. The molecule has 0 amide bonds. The molecule has 0 radical (unpaired) electrons. The van der Waals surface area contributed by atoms with Crippen molar-refractivity contribution < 1.29 is 0 Å². The van der Waals surface area contributed by atoms with E-state index in [0.717, 1.165) is 13.1 Å². The van der Waals surface area contributed by atoms with Crippen LogP contribution in [-0.2, 0) is 6.54 Å². The number of nitrogens with zero attached hydrogens (tertiary/aromatic N) is 2. The SMILES string of the molecule is CCNCc1cnncc1C. The molecule has 3 heteroatoms. The largest absolute Gasteiger partial charge is 0.313 e. The molecule has 1 aromatic rings. The van der Waals surface area contributed by atoms with Gasteiger partial charge in [0.1, 0.15) is 0 Å². The normalized spacial score (nSPS) is 10.0. The second-order valence-electron chi connectivity index (χ2n) is 2.48. The third-order valence-electron chi connectivity index (χ3n) is 1.60. The summed E-state index contributed by atoms with van der Waals surface area (Å²) in [6.07, 6.45) is 3.59. The first-order valence-corrected chi connectivity index (χ1v) is 3.81. The molecule has 0 saturated carbocycles. The standard InChI is InChI=1S/C8H13N3/c1-3-9-5-8-6-11-10-4-7(8)2/h4,6,9H,3,5H2,1-2H3. The number of hydrogen-bond acceptors (Lipinski definition) is 3. The van der Waals surface area contributed by atoms with Gasteiger partial charge >= 0.3 is 0 Å². The molecule has 11 heavy (non-hydrogen) atoms. The van der Waals surface area contributed by atoms with Crippen LogP contribution in [0, 0.1) is 6.92 Å². The smallest absolute Gasteiger partial charge is 0.0543 e. The molecule has 0 spiro atoms. The minimum Gasteiger partial charge on any atom is -0.313 e. The molecule has 1 heterocycles. The predicted molar refractivity (Wildman–Crippen MR) is 44.1 cm³/mol. The van der Waals surface area contributed by atoms with Crippen LogP contribution < -0.4 is 5.32 Å². The molecule has 0 atom stereocenters. The molecule has 0 aliphatic heterocycles. The molecule has 0 saturated heterocycles. The molecular formula is C8H13N3. The highest BCUT2D eigenvalue weighted by atomic mass is 15.1. The fourth-order valence-electron chi connectivity index (χ4n) is 0.852. The minimum absolute atomic E-state index is 0.887. The first kappa shape index (κ1) is 8.14. The second kappa shape index (κ2) is 4.03. The monoisotopic (exact) mass is 151 g/mol. The van der Waals surface area contributed by atoms with Crippen LogP contribution in [0.1, 0.15) is 18.1 Å². The lowest BCUT2D eigenvalue weighted by Gasteiger charge is -2.02. The van der Waals surface area contributed by atoms with Crippen LogP contribution in [-0.4, -0.2) is 16.7 Å². The van der Waals surface area contributed by atoms with Gasteiger partial charge in [0, 0.05) is 6.54 Å². The van der Waals surface area contributed by atoms with Crippen molar-refractivity contribution in [2.24, 2.45) is 0 Å². The van der Waals surface area contributed by atoms with Crippen LogP contribution in [0.15, 0.2) is 12.4 Å². The van der Waals surface area contributed by atoms with Gasteiger partial charge in [-0.3, -0.25) is 0 Å². The number of hydrogen-bond donors (Lipinski definition) is 1. The predicted octanol–water partition coefficient (Wildman–Crippen LogP) is 0.895. The molecule has 0 aromatic carbocycles. The van der Waals surface area contributed by atoms with Gasteiger partial charge in [-0.25, -0.2) is 0 Å². The van der Waals surface area contributed by atoms with E-state index in [2.05, 4.69) is 22.4 Å². The third-order valence-corrected chi connectivity index (χ3v) is 1.60. The fourth-order valence-corrected chi connectivity index (χ4v) is 0.852. The highest BCUT2D eigenvalue weighted by Crippen LogP contribution is 2.01. The summed E-state index contributed by atoms with van der Waals surface area (Å²) in [5.74, 6) is 0. The van der Waals surface area contributed by atoms with E-state index < -0.39 is 0 Å². The lowest BCUT2D eigenvalue weighted by molar-refractivity contribution is 0.717. The van der Waals surface area contributed by atoms with Crippen molar-refractivity contribution in [2.75, 3.05) is 6.54 Å². The Balaban J connectivity index is 2.62. The van der Waals surface area contributed by atoms with Crippen molar-refractivity contribution in [2.45, 2.75) is 20.4 Å². The summed E-state index contributed by atoms with van der Waals surface area (Å²) in [5, 5.41) is 10.8. The summed E-state index contributed by atoms with van der Waals surface area (Å²) >= 11 is 0. The van der Waals surface area contributed by atoms with E-state index in [1.165, 1.54) is 11.1 Å². The molecule has 3 nitrogen and oxygen atoms in total. The maximum absolute atomic E-state index is 3.81. The molecule has 0 bridgehead atoms. The van der Waals surface area contributed by atoms with Gasteiger partial charge in [0.05, 0.1) is 12.4 Å². The van der Waals surface area contributed by atoms with Gasteiger partial charge < -0.3 is 5.32 Å². The van der Waals surface area contributed by atoms with E-state index in [0.29, 0.717) is 0 Å². The van der Waals surface area contributed by atoms with Crippen molar-refractivity contribution in [1.82, 2.24) is 15.5 Å². The van der Waals surface area contributed by atoms with E-state index in [1.54, 1.807) is 12.4 Å². The highest BCUT2D eigenvalue weighted by molar-refractivity contribution is 5.17. The topological polar surface area (TPSA) is 37.8 Å². The molecule has 0 aliphatic rings. The molecule has 1 N–H and O–H groups in total. The van der Waals surface area contributed by atoms with E-state index in [9.17, 15) is 0 Å². The average molecular weight is 151 g/mol. The quantitative estimate of drug-likeness (QED) is 0.697. The van der Waals surface area contributed by atoms with Gasteiger partial charge in [-0.2, -0.15) is 10.2 Å². The highest BCUT2D eigenvalue weighted by Gasteiger charge is 1.95. The van der Waals surface area contributed by atoms with Gasteiger partial charge in [-0.05, 0) is 24.6 Å². The van der Waals surface area contributed by atoms with Crippen LogP contribution in [0.3, 0.4) is 0 Å². The Morgan fingerprint density at radius 1 is 1.36 bits per heavy atom. The van der Waals surface area contributed by atoms with Gasteiger partial charge in [0.25, 0.3) is 0 Å². The summed E-state index contributed by atoms with van der Waals surface area (Å²) in [6.45, 7) is 6.00. The molecule has 0 fully saturated rings. The van der Waals surface area contributed by atoms with Crippen molar-refractivity contribution in [3.05, 3.63) is 23.5 Å². The number of nitrogens with one attached hydrogen (secondary N) is 1. The lowest BCUT2D eigenvalue weighted by atomic mass is 10.2. The summed E-state index contributed by atoms with van der Waals surface area (Å²) < 4.78 is 0. The van der Waals surface area contributed by atoms with Crippen LogP contribution >= 0.6 is 0 Å². The van der Waals surface area contributed by atoms with Crippen LogP contribution in [0.2, 0.25) is 0 Å². The van der Waals surface area contributed by atoms with Gasteiger partial charge in [-0.1, -0.05) is 6.92 Å². The van der Waals surface area contributed by atoms with Gasteiger partial charge in [0.2, 0.25) is 0 Å². The van der Waals surface area contributed by atoms with E-state index in [1.807, 2.05) is 6.92 Å². The third kappa shape index (κ3) is 2.27. The zero-order valence-electron chi connectivity index (χ0n) is 6.96. The average Bonchev–Trinajstić information content (AvgIpc) is 2.03. The molecule has 60 valence electrons. The minimum atomic E-state index is 0.887. The lowest BCUT2D eigenvalue weighted by Crippen LogP contribution is -2.13. The first-order valence-electron chi connectivity index (χ1n) is 3.81. The Morgan fingerprint density at radius 2 is 2.09 bits per heavy atom. The van der Waals surface area contributed by atoms with Gasteiger partial charge in [-0.15, -0.1) is 0 Å². The Bertz CT molecular complexity index is 222. The molecule has 1 rings (SSSR count). The first-order chi connectivity index (χ1) is 5.34. The van der Waals surface area contributed by atoms with Crippen LogP contribution in [0.25, 0.3) is 0 Å². The van der Waals surface area contributed by atoms with Crippen LogP contribution in [0.5, 0.6) is 0 Å². The number of rotatable bonds is 3. The number of aryl methyl sites for hydroxylation is 1. The summed E-state index contributed by atoms with van der Waals surface area (Å²) in [4.78, 5) is 0. The maximum Gasteiger partial charge on any atom is 0.0543 e. The molecule has 1 aromatic heterocycles. The second-order valence-corrected chi connectivity index (χ2v) is 2.48. The summed E-state index contributed by atoms with van der Waals surface area (Å²) in [6, 6.07) is 0.